The first-order chi connectivity index (χ1) is 9.83. The third-order valence-corrected chi connectivity index (χ3v) is 3.99. The van der Waals surface area contributed by atoms with E-state index in [0.717, 1.165) is 21.0 Å². The minimum absolute atomic E-state index is 0.663. The fourth-order valence-corrected chi connectivity index (χ4v) is 2.63. The Morgan fingerprint density at radius 1 is 1.10 bits per heavy atom. The molecular weight excluding hydrogens is 338 g/mol. The summed E-state index contributed by atoms with van der Waals surface area (Å²) < 4.78 is 2.71. The maximum absolute atomic E-state index is 4.32. The van der Waals surface area contributed by atoms with Gasteiger partial charge >= 0.3 is 0 Å². The van der Waals surface area contributed by atoms with Gasteiger partial charge in [-0.15, -0.1) is 5.10 Å². The molecule has 100 valence electrons. The van der Waals surface area contributed by atoms with E-state index in [9.17, 15) is 0 Å². The lowest BCUT2D eigenvalue weighted by Gasteiger charge is -2.04. The molecule has 0 unspecified atom stereocenters. The van der Waals surface area contributed by atoms with Crippen LogP contribution in [0.15, 0.2) is 58.2 Å². The van der Waals surface area contributed by atoms with Crippen LogP contribution < -0.4 is 0 Å². The minimum Gasteiger partial charge on any atom is -0.249 e. The fraction of sp³-hybridized carbons (Fsp3) is 0.0769. The molecule has 0 saturated heterocycles. The van der Waals surface area contributed by atoms with E-state index in [1.54, 1.807) is 22.6 Å². The molecule has 1 aromatic carbocycles. The molecule has 0 N–H and O–H groups in total. The number of halogens is 1. The zero-order chi connectivity index (χ0) is 13.8. The highest BCUT2D eigenvalue weighted by Crippen LogP contribution is 2.21. The fourth-order valence-electron chi connectivity index (χ4n) is 1.65. The smallest absolute Gasteiger partial charge is 0.166 e. The maximum Gasteiger partial charge on any atom is 0.166 e. The molecule has 0 spiro atoms. The van der Waals surface area contributed by atoms with Gasteiger partial charge in [-0.2, -0.15) is 4.68 Å². The standard InChI is InChI=1S/C13H10BrN5S/c14-10-6-7-13(15-8-10)20-9-12-16-17-18-19(12)11-4-2-1-3-5-11/h1-8H,9H2. The van der Waals surface area contributed by atoms with Gasteiger partial charge in [-0.3, -0.25) is 0 Å². The quantitative estimate of drug-likeness (QED) is 0.678. The van der Waals surface area contributed by atoms with Crippen LogP contribution in [0, 0.1) is 0 Å². The summed E-state index contributed by atoms with van der Waals surface area (Å²) in [5.41, 5.74) is 0.955. The Balaban J connectivity index is 1.76. The number of tetrazole rings is 1. The highest BCUT2D eigenvalue weighted by atomic mass is 79.9. The van der Waals surface area contributed by atoms with Crippen LogP contribution in [0.3, 0.4) is 0 Å². The van der Waals surface area contributed by atoms with E-state index >= 15 is 0 Å². The van der Waals surface area contributed by atoms with Crippen LogP contribution in [0.5, 0.6) is 0 Å². The van der Waals surface area contributed by atoms with Crippen molar-refractivity contribution in [1.29, 1.82) is 0 Å². The molecule has 3 aromatic rings. The number of para-hydroxylation sites is 1. The van der Waals surface area contributed by atoms with Crippen LogP contribution in [0.4, 0.5) is 0 Å². The van der Waals surface area contributed by atoms with Gasteiger partial charge in [0.25, 0.3) is 0 Å². The Hall–Kier alpha value is -1.73. The zero-order valence-electron chi connectivity index (χ0n) is 10.3. The van der Waals surface area contributed by atoms with Crippen molar-refractivity contribution in [2.45, 2.75) is 10.8 Å². The van der Waals surface area contributed by atoms with Crippen LogP contribution >= 0.6 is 27.7 Å². The van der Waals surface area contributed by atoms with Crippen LogP contribution in [-0.4, -0.2) is 25.2 Å². The van der Waals surface area contributed by atoms with Crippen molar-refractivity contribution in [2.75, 3.05) is 0 Å². The molecule has 3 rings (SSSR count). The number of thioether (sulfide) groups is 1. The third kappa shape index (κ3) is 3.05. The normalized spacial score (nSPS) is 10.7. The van der Waals surface area contributed by atoms with Crippen molar-refractivity contribution < 1.29 is 0 Å². The molecule has 0 bridgehead atoms. The lowest BCUT2D eigenvalue weighted by molar-refractivity contribution is 0.777. The summed E-state index contributed by atoms with van der Waals surface area (Å²) in [5.74, 6) is 1.46. The highest BCUT2D eigenvalue weighted by Gasteiger charge is 2.08. The summed E-state index contributed by atoms with van der Waals surface area (Å²) in [6.07, 6.45) is 1.78. The molecule has 0 radical (unpaired) electrons. The van der Waals surface area contributed by atoms with Crippen LogP contribution in [-0.2, 0) is 5.75 Å². The van der Waals surface area contributed by atoms with Crippen molar-refractivity contribution in [3.63, 3.8) is 0 Å². The molecular formula is C13H10BrN5S. The molecule has 0 saturated carbocycles. The van der Waals surface area contributed by atoms with E-state index in [1.165, 1.54) is 0 Å². The highest BCUT2D eigenvalue weighted by molar-refractivity contribution is 9.10. The van der Waals surface area contributed by atoms with Gasteiger partial charge in [0, 0.05) is 10.7 Å². The molecule has 2 aromatic heterocycles. The number of hydrogen-bond donors (Lipinski definition) is 0. The first-order valence-electron chi connectivity index (χ1n) is 5.90. The van der Waals surface area contributed by atoms with Gasteiger partial charge in [0.15, 0.2) is 5.82 Å². The lowest BCUT2D eigenvalue weighted by atomic mass is 10.3. The van der Waals surface area contributed by atoms with E-state index in [-0.39, 0.29) is 0 Å². The predicted molar refractivity (Wildman–Crippen MR) is 80.7 cm³/mol. The van der Waals surface area contributed by atoms with Crippen molar-refractivity contribution in [3.05, 3.63) is 59.0 Å². The zero-order valence-corrected chi connectivity index (χ0v) is 12.8. The summed E-state index contributed by atoms with van der Waals surface area (Å²) in [6, 6.07) is 13.8. The molecule has 0 aliphatic heterocycles. The number of aromatic nitrogens is 5. The Labute approximate surface area is 128 Å². The molecule has 0 amide bonds. The van der Waals surface area contributed by atoms with Gasteiger partial charge in [0.05, 0.1) is 16.5 Å². The number of pyridine rings is 1. The van der Waals surface area contributed by atoms with Gasteiger partial charge in [-0.05, 0) is 50.6 Å². The number of benzene rings is 1. The van der Waals surface area contributed by atoms with E-state index in [2.05, 4.69) is 36.4 Å². The van der Waals surface area contributed by atoms with Gasteiger partial charge < -0.3 is 0 Å². The average Bonchev–Trinajstić information content (AvgIpc) is 2.96. The van der Waals surface area contributed by atoms with Crippen LogP contribution in [0.25, 0.3) is 5.69 Å². The van der Waals surface area contributed by atoms with E-state index in [1.807, 2.05) is 42.5 Å². The average molecular weight is 348 g/mol. The van der Waals surface area contributed by atoms with Gasteiger partial charge in [0.1, 0.15) is 0 Å². The van der Waals surface area contributed by atoms with Crippen molar-refractivity contribution in [1.82, 2.24) is 25.2 Å². The molecule has 2 heterocycles. The second-order valence-electron chi connectivity index (χ2n) is 3.95. The molecule has 0 aliphatic carbocycles. The second kappa shape index (κ2) is 6.15. The van der Waals surface area contributed by atoms with Crippen molar-refractivity contribution >= 4 is 27.7 Å². The van der Waals surface area contributed by atoms with Gasteiger partial charge in [-0.1, -0.05) is 30.0 Å². The molecule has 0 aliphatic rings. The number of nitrogens with zero attached hydrogens (tertiary/aromatic N) is 5. The number of rotatable bonds is 4. The molecule has 7 heteroatoms. The summed E-state index contributed by atoms with van der Waals surface area (Å²) >= 11 is 4.97. The van der Waals surface area contributed by atoms with Crippen molar-refractivity contribution in [3.8, 4) is 5.69 Å². The van der Waals surface area contributed by atoms with Crippen LogP contribution in [0.2, 0.25) is 0 Å². The molecule has 20 heavy (non-hydrogen) atoms. The molecule has 5 nitrogen and oxygen atoms in total. The van der Waals surface area contributed by atoms with E-state index in [0.29, 0.717) is 5.75 Å². The van der Waals surface area contributed by atoms with E-state index < -0.39 is 0 Å². The van der Waals surface area contributed by atoms with Gasteiger partial charge in [0.2, 0.25) is 0 Å². The summed E-state index contributed by atoms with van der Waals surface area (Å²) in [7, 11) is 0. The molecule has 0 fully saturated rings. The summed E-state index contributed by atoms with van der Waals surface area (Å²) in [4.78, 5) is 4.32. The first-order valence-corrected chi connectivity index (χ1v) is 7.68. The third-order valence-electron chi connectivity index (χ3n) is 2.58. The van der Waals surface area contributed by atoms with E-state index in [4.69, 9.17) is 0 Å². The largest absolute Gasteiger partial charge is 0.249 e. The summed E-state index contributed by atoms with van der Waals surface area (Å²) in [5, 5.41) is 12.8. The SMILES string of the molecule is Brc1ccc(SCc2nnnn2-c2ccccc2)nc1. The minimum atomic E-state index is 0.663. The Kier molecular flexibility index (Phi) is 4.08. The van der Waals surface area contributed by atoms with Gasteiger partial charge in [-0.25, -0.2) is 4.98 Å². The predicted octanol–water partition coefficient (Wildman–Crippen LogP) is 3.11. The monoisotopic (exact) mass is 347 g/mol. The maximum atomic E-state index is 4.32. The summed E-state index contributed by atoms with van der Waals surface area (Å²) in [6.45, 7) is 0. The second-order valence-corrected chi connectivity index (χ2v) is 5.86. The first kappa shape index (κ1) is 13.3. The Bertz CT molecular complexity index is 683. The topological polar surface area (TPSA) is 56.5 Å². The molecule has 0 atom stereocenters. The Morgan fingerprint density at radius 3 is 2.70 bits per heavy atom. The Morgan fingerprint density at radius 2 is 1.95 bits per heavy atom. The number of hydrogen-bond acceptors (Lipinski definition) is 5. The van der Waals surface area contributed by atoms with Crippen molar-refractivity contribution in [2.24, 2.45) is 0 Å². The van der Waals surface area contributed by atoms with Crippen LogP contribution in [0.1, 0.15) is 5.82 Å². The lowest BCUT2D eigenvalue weighted by Crippen LogP contribution is -2.01.